The molecular formula is C19H20F2N2O. The van der Waals surface area contributed by atoms with E-state index in [4.69, 9.17) is 0 Å². The van der Waals surface area contributed by atoms with E-state index in [1.807, 2.05) is 24.1 Å². The first-order valence-corrected chi connectivity index (χ1v) is 8.08. The zero-order valence-corrected chi connectivity index (χ0v) is 13.6. The molecule has 0 unspecified atom stereocenters. The van der Waals surface area contributed by atoms with Crippen molar-refractivity contribution in [2.45, 2.75) is 25.3 Å². The highest BCUT2D eigenvalue weighted by molar-refractivity contribution is 5.92. The summed E-state index contributed by atoms with van der Waals surface area (Å²) in [6, 6.07) is 11.9. The van der Waals surface area contributed by atoms with E-state index in [2.05, 4.69) is 17.4 Å². The van der Waals surface area contributed by atoms with E-state index in [0.717, 1.165) is 31.4 Å². The van der Waals surface area contributed by atoms with E-state index in [1.54, 1.807) is 0 Å². The summed E-state index contributed by atoms with van der Waals surface area (Å²) in [5.74, 6) is -1.97. The predicted molar refractivity (Wildman–Crippen MR) is 89.7 cm³/mol. The Morgan fingerprint density at radius 3 is 2.62 bits per heavy atom. The largest absolute Gasteiger partial charge is 0.320 e. The molecule has 2 aromatic carbocycles. The van der Waals surface area contributed by atoms with Crippen molar-refractivity contribution in [3.05, 3.63) is 65.2 Å². The minimum atomic E-state index is -0.769. The lowest BCUT2D eigenvalue weighted by Gasteiger charge is -2.32. The fourth-order valence-corrected chi connectivity index (χ4v) is 3.32. The van der Waals surface area contributed by atoms with Crippen molar-refractivity contribution in [2.24, 2.45) is 0 Å². The number of fused-ring (bicyclic) bond motifs is 1. The Kier molecular flexibility index (Phi) is 4.90. The molecular weight excluding hydrogens is 310 g/mol. The minimum absolute atomic E-state index is 0.0762. The third kappa shape index (κ3) is 3.46. The lowest BCUT2D eigenvalue weighted by atomic mass is 9.87. The third-order valence-electron chi connectivity index (χ3n) is 4.49. The van der Waals surface area contributed by atoms with E-state index in [-0.39, 0.29) is 18.3 Å². The Hall–Kier alpha value is -2.27. The number of benzene rings is 2. The van der Waals surface area contributed by atoms with Gasteiger partial charge in [0.05, 0.1) is 6.54 Å². The van der Waals surface area contributed by atoms with Crippen LogP contribution in [0.4, 0.5) is 14.5 Å². The molecule has 0 bridgehead atoms. The van der Waals surface area contributed by atoms with Crippen LogP contribution in [0.25, 0.3) is 0 Å². The summed E-state index contributed by atoms with van der Waals surface area (Å²) in [4.78, 5) is 14.1. The van der Waals surface area contributed by atoms with Crippen LogP contribution in [0.2, 0.25) is 0 Å². The number of hydrogen-bond donors (Lipinski definition) is 1. The second-order valence-electron chi connectivity index (χ2n) is 6.17. The number of anilines is 1. The Morgan fingerprint density at radius 1 is 1.17 bits per heavy atom. The minimum Gasteiger partial charge on any atom is -0.320 e. The van der Waals surface area contributed by atoms with Crippen molar-refractivity contribution in [1.82, 2.24) is 4.90 Å². The van der Waals surface area contributed by atoms with E-state index in [1.165, 1.54) is 17.2 Å². The summed E-state index contributed by atoms with van der Waals surface area (Å²) in [5.41, 5.74) is 2.15. The monoisotopic (exact) mass is 330 g/mol. The maximum absolute atomic E-state index is 13.6. The average molecular weight is 330 g/mol. The van der Waals surface area contributed by atoms with Crippen molar-refractivity contribution < 1.29 is 13.6 Å². The van der Waals surface area contributed by atoms with Gasteiger partial charge in [-0.25, -0.2) is 8.78 Å². The summed E-state index contributed by atoms with van der Waals surface area (Å²) in [6.07, 6.45) is 3.08. The molecule has 1 aliphatic carbocycles. The van der Waals surface area contributed by atoms with Gasteiger partial charge in [0, 0.05) is 6.04 Å². The summed E-state index contributed by atoms with van der Waals surface area (Å²) < 4.78 is 27.3. The molecule has 0 fully saturated rings. The number of hydrogen-bond acceptors (Lipinski definition) is 2. The van der Waals surface area contributed by atoms with Gasteiger partial charge in [-0.05, 0) is 49.6 Å². The number of carbonyl (C=O) groups is 1. The zero-order valence-electron chi connectivity index (χ0n) is 13.6. The van der Waals surface area contributed by atoms with E-state index in [9.17, 15) is 13.6 Å². The quantitative estimate of drug-likeness (QED) is 0.922. The van der Waals surface area contributed by atoms with Crippen LogP contribution < -0.4 is 5.32 Å². The summed E-state index contributed by atoms with van der Waals surface area (Å²) in [5, 5.41) is 2.34. The van der Waals surface area contributed by atoms with Gasteiger partial charge in [0.1, 0.15) is 17.3 Å². The zero-order chi connectivity index (χ0) is 17.1. The van der Waals surface area contributed by atoms with Gasteiger partial charge in [-0.3, -0.25) is 9.69 Å². The lowest BCUT2D eigenvalue weighted by molar-refractivity contribution is -0.117. The highest BCUT2D eigenvalue weighted by atomic mass is 19.1. The summed E-state index contributed by atoms with van der Waals surface area (Å²) >= 11 is 0. The smallest absolute Gasteiger partial charge is 0.238 e. The molecule has 1 amide bonds. The van der Waals surface area contributed by atoms with Crippen molar-refractivity contribution in [2.75, 3.05) is 18.9 Å². The highest BCUT2D eigenvalue weighted by Gasteiger charge is 2.25. The Balaban J connectivity index is 1.69. The molecule has 2 aromatic rings. The highest BCUT2D eigenvalue weighted by Crippen LogP contribution is 2.33. The van der Waals surface area contributed by atoms with Gasteiger partial charge in [-0.15, -0.1) is 0 Å². The van der Waals surface area contributed by atoms with Crippen molar-refractivity contribution in [3.8, 4) is 0 Å². The molecule has 3 nitrogen and oxygen atoms in total. The number of likely N-dealkylation sites (N-methyl/N-ethyl adjacent to an activating group) is 1. The Labute approximate surface area is 140 Å². The first-order valence-electron chi connectivity index (χ1n) is 8.08. The van der Waals surface area contributed by atoms with E-state index in [0.29, 0.717) is 0 Å². The van der Waals surface area contributed by atoms with Crippen molar-refractivity contribution in [1.29, 1.82) is 0 Å². The number of carbonyl (C=O) groups excluding carboxylic acids is 1. The lowest BCUT2D eigenvalue weighted by Crippen LogP contribution is -2.35. The number of aryl methyl sites for hydroxylation is 1. The molecule has 3 rings (SSSR count). The number of halogens is 2. The van der Waals surface area contributed by atoms with Crippen LogP contribution >= 0.6 is 0 Å². The molecule has 1 atom stereocenters. The fraction of sp³-hybridized carbons (Fsp3) is 0.316. The first-order chi connectivity index (χ1) is 11.6. The molecule has 0 saturated carbocycles. The van der Waals surface area contributed by atoms with Crippen molar-refractivity contribution in [3.63, 3.8) is 0 Å². The van der Waals surface area contributed by atoms with Gasteiger partial charge in [0.15, 0.2) is 0 Å². The standard InChI is InChI=1S/C19H20F2N2O/c1-23(17-11-4-7-13-6-2-3-8-14(13)17)12-18(24)22-19-15(20)9-5-10-16(19)21/h2-3,5-6,8-10,17H,4,7,11-12H2,1H3,(H,22,24)/t17-/m0/s1. The van der Waals surface area contributed by atoms with Gasteiger partial charge in [0.2, 0.25) is 5.91 Å². The number of nitrogens with zero attached hydrogens (tertiary/aromatic N) is 1. The van der Waals surface area contributed by atoms with Crippen LogP contribution in [0.15, 0.2) is 42.5 Å². The van der Waals surface area contributed by atoms with Crippen LogP contribution in [-0.4, -0.2) is 24.4 Å². The summed E-state index contributed by atoms with van der Waals surface area (Å²) in [7, 11) is 1.87. The van der Waals surface area contributed by atoms with Gasteiger partial charge in [-0.1, -0.05) is 30.3 Å². The molecule has 0 spiro atoms. The molecule has 0 radical (unpaired) electrons. The normalized spacial score (nSPS) is 16.8. The number of amides is 1. The molecule has 1 N–H and O–H groups in total. The molecule has 126 valence electrons. The number of rotatable bonds is 4. The molecule has 0 saturated heterocycles. The third-order valence-corrected chi connectivity index (χ3v) is 4.49. The van der Waals surface area contributed by atoms with Crippen LogP contribution in [-0.2, 0) is 11.2 Å². The summed E-state index contributed by atoms with van der Waals surface area (Å²) in [6.45, 7) is 0.0762. The molecule has 5 heteroatoms. The van der Waals surface area contributed by atoms with Gasteiger partial charge in [-0.2, -0.15) is 0 Å². The Morgan fingerprint density at radius 2 is 1.88 bits per heavy atom. The topological polar surface area (TPSA) is 32.3 Å². The molecule has 1 aliphatic rings. The van der Waals surface area contributed by atoms with Crippen LogP contribution in [0.3, 0.4) is 0 Å². The number of para-hydroxylation sites is 1. The van der Waals surface area contributed by atoms with Crippen molar-refractivity contribution >= 4 is 11.6 Å². The Bertz CT molecular complexity index is 728. The SMILES string of the molecule is CN(CC(=O)Nc1c(F)cccc1F)[C@H]1CCCc2ccccc21. The van der Waals surface area contributed by atoms with E-state index < -0.39 is 17.5 Å². The fourth-order valence-electron chi connectivity index (χ4n) is 3.32. The van der Waals surface area contributed by atoms with Crippen LogP contribution in [0, 0.1) is 11.6 Å². The van der Waals surface area contributed by atoms with Gasteiger partial charge >= 0.3 is 0 Å². The second-order valence-corrected chi connectivity index (χ2v) is 6.17. The number of nitrogens with one attached hydrogen (secondary N) is 1. The van der Waals surface area contributed by atoms with Crippen LogP contribution in [0.5, 0.6) is 0 Å². The molecule has 0 aromatic heterocycles. The second kappa shape index (κ2) is 7.09. The maximum Gasteiger partial charge on any atom is 0.238 e. The maximum atomic E-state index is 13.6. The van der Waals surface area contributed by atoms with E-state index >= 15 is 0 Å². The van der Waals surface area contributed by atoms with Crippen LogP contribution in [0.1, 0.15) is 30.0 Å². The van der Waals surface area contributed by atoms with Gasteiger partial charge in [0.25, 0.3) is 0 Å². The average Bonchev–Trinajstić information content (AvgIpc) is 2.57. The predicted octanol–water partition coefficient (Wildman–Crippen LogP) is 3.91. The molecule has 0 aliphatic heterocycles. The van der Waals surface area contributed by atoms with Gasteiger partial charge < -0.3 is 5.32 Å². The molecule has 0 heterocycles. The first kappa shape index (κ1) is 16.6. The molecule has 24 heavy (non-hydrogen) atoms.